The molecular formula is C14H15ClN2O4S. The number of nitrogens with one attached hydrogen (secondary N) is 2. The summed E-state index contributed by atoms with van der Waals surface area (Å²) in [5, 5.41) is 4.93. The van der Waals surface area contributed by atoms with E-state index in [1.54, 1.807) is 18.2 Å². The Bertz CT molecular complexity index is 605. The van der Waals surface area contributed by atoms with Crippen molar-refractivity contribution in [1.29, 1.82) is 0 Å². The molecule has 22 heavy (non-hydrogen) atoms. The van der Waals surface area contributed by atoms with Crippen molar-refractivity contribution in [2.45, 2.75) is 23.8 Å². The van der Waals surface area contributed by atoms with Gasteiger partial charge in [-0.3, -0.25) is 10.1 Å². The molecule has 0 aliphatic heterocycles. The standard InChI is InChI=1S/C14H15ClN2O4S/c1-22-9-4-5-11(15)10(6-9)13(19)21-7-12(18)17-14(20)16-8-2-3-8/h4-6,8H,2-3,7H2,1H3,(H2,16,17,18,20). The fourth-order valence-corrected chi connectivity index (χ4v) is 2.24. The van der Waals surface area contributed by atoms with Gasteiger partial charge in [-0.15, -0.1) is 11.8 Å². The highest BCUT2D eigenvalue weighted by Gasteiger charge is 2.24. The van der Waals surface area contributed by atoms with Crippen LogP contribution in [0.25, 0.3) is 0 Å². The normalized spacial score (nSPS) is 13.4. The maximum atomic E-state index is 11.9. The van der Waals surface area contributed by atoms with E-state index >= 15 is 0 Å². The van der Waals surface area contributed by atoms with Gasteiger partial charge >= 0.3 is 12.0 Å². The lowest BCUT2D eigenvalue weighted by atomic mass is 10.2. The minimum atomic E-state index is -0.710. The van der Waals surface area contributed by atoms with Crippen molar-refractivity contribution in [3.63, 3.8) is 0 Å². The molecule has 0 atom stereocenters. The van der Waals surface area contributed by atoms with E-state index in [9.17, 15) is 14.4 Å². The van der Waals surface area contributed by atoms with Crippen molar-refractivity contribution >= 4 is 41.3 Å². The zero-order chi connectivity index (χ0) is 16.1. The fraction of sp³-hybridized carbons (Fsp3) is 0.357. The molecule has 8 heteroatoms. The van der Waals surface area contributed by atoms with Crippen LogP contribution in [0.5, 0.6) is 0 Å². The van der Waals surface area contributed by atoms with Gasteiger partial charge in [0.25, 0.3) is 5.91 Å². The minimum absolute atomic E-state index is 0.142. The Morgan fingerprint density at radius 2 is 2.09 bits per heavy atom. The van der Waals surface area contributed by atoms with Crippen molar-refractivity contribution in [1.82, 2.24) is 10.6 Å². The number of ether oxygens (including phenoxy) is 1. The molecule has 0 saturated heterocycles. The smallest absolute Gasteiger partial charge is 0.340 e. The average Bonchev–Trinajstić information content (AvgIpc) is 3.29. The lowest BCUT2D eigenvalue weighted by Gasteiger charge is -2.08. The van der Waals surface area contributed by atoms with Crippen LogP contribution in [0.3, 0.4) is 0 Å². The number of thioether (sulfide) groups is 1. The van der Waals surface area contributed by atoms with Crippen LogP contribution in [0, 0.1) is 0 Å². The van der Waals surface area contributed by atoms with Gasteiger partial charge in [-0.25, -0.2) is 9.59 Å². The van der Waals surface area contributed by atoms with Crippen molar-refractivity contribution in [3.05, 3.63) is 28.8 Å². The molecule has 0 unspecified atom stereocenters. The van der Waals surface area contributed by atoms with E-state index in [1.807, 2.05) is 6.26 Å². The second-order valence-corrected chi connectivity index (χ2v) is 6.00. The van der Waals surface area contributed by atoms with Crippen LogP contribution in [-0.4, -0.2) is 36.8 Å². The SMILES string of the molecule is CSc1ccc(Cl)c(C(=O)OCC(=O)NC(=O)NC2CC2)c1. The number of carbonyl (C=O) groups excluding carboxylic acids is 3. The van der Waals surface area contributed by atoms with Crippen molar-refractivity contribution < 1.29 is 19.1 Å². The van der Waals surface area contributed by atoms with E-state index in [4.69, 9.17) is 16.3 Å². The fourth-order valence-electron chi connectivity index (χ4n) is 1.61. The third-order valence-electron chi connectivity index (χ3n) is 2.89. The van der Waals surface area contributed by atoms with Gasteiger partial charge in [-0.05, 0) is 37.3 Å². The number of urea groups is 1. The second-order valence-electron chi connectivity index (χ2n) is 4.72. The highest BCUT2D eigenvalue weighted by Crippen LogP contribution is 2.23. The Kier molecular flexibility index (Phi) is 5.68. The molecule has 1 fully saturated rings. The number of imide groups is 1. The first kappa shape index (κ1) is 16.6. The van der Waals surface area contributed by atoms with Gasteiger partial charge < -0.3 is 10.1 Å². The maximum absolute atomic E-state index is 11.9. The minimum Gasteiger partial charge on any atom is -0.452 e. The van der Waals surface area contributed by atoms with Gasteiger partial charge in [0, 0.05) is 10.9 Å². The predicted molar refractivity (Wildman–Crippen MR) is 83.2 cm³/mol. The Labute approximate surface area is 136 Å². The molecule has 118 valence electrons. The first-order valence-corrected chi connectivity index (χ1v) is 8.21. The molecule has 6 nitrogen and oxygen atoms in total. The summed E-state index contributed by atoms with van der Waals surface area (Å²) in [6.45, 7) is -0.545. The highest BCUT2D eigenvalue weighted by molar-refractivity contribution is 7.98. The lowest BCUT2D eigenvalue weighted by Crippen LogP contribution is -2.42. The molecule has 0 bridgehead atoms. The third-order valence-corrected chi connectivity index (χ3v) is 3.95. The van der Waals surface area contributed by atoms with Crippen LogP contribution < -0.4 is 10.6 Å². The molecule has 2 rings (SSSR count). The number of halogens is 1. The van der Waals surface area contributed by atoms with E-state index in [1.165, 1.54) is 11.8 Å². The predicted octanol–water partition coefficient (Wildman–Crippen LogP) is 2.21. The largest absolute Gasteiger partial charge is 0.452 e. The highest BCUT2D eigenvalue weighted by atomic mass is 35.5. The molecule has 1 aliphatic rings. The number of hydrogen-bond donors (Lipinski definition) is 2. The van der Waals surface area contributed by atoms with Crippen LogP contribution in [0.2, 0.25) is 5.02 Å². The summed E-state index contributed by atoms with van der Waals surface area (Å²) in [4.78, 5) is 35.6. The number of amides is 3. The molecule has 0 radical (unpaired) electrons. The number of esters is 1. The van der Waals surface area contributed by atoms with Crippen LogP contribution in [0.4, 0.5) is 4.79 Å². The quantitative estimate of drug-likeness (QED) is 0.633. The first-order valence-electron chi connectivity index (χ1n) is 6.60. The van der Waals surface area contributed by atoms with Gasteiger partial charge in [0.05, 0.1) is 10.6 Å². The molecule has 1 aliphatic carbocycles. The van der Waals surface area contributed by atoms with Gasteiger partial charge in [-0.1, -0.05) is 11.6 Å². The number of rotatable bonds is 5. The van der Waals surface area contributed by atoms with Gasteiger partial charge in [0.2, 0.25) is 0 Å². The summed E-state index contributed by atoms with van der Waals surface area (Å²) in [6.07, 6.45) is 3.70. The molecule has 0 spiro atoms. The van der Waals surface area contributed by atoms with Crippen molar-refractivity contribution in [2.24, 2.45) is 0 Å². The molecule has 1 saturated carbocycles. The molecule has 0 aromatic heterocycles. The van der Waals surface area contributed by atoms with E-state index in [2.05, 4.69) is 10.6 Å². The molecule has 2 N–H and O–H groups in total. The summed E-state index contributed by atoms with van der Waals surface area (Å²) >= 11 is 7.39. The van der Waals surface area contributed by atoms with Gasteiger partial charge in [-0.2, -0.15) is 0 Å². The summed E-state index contributed by atoms with van der Waals surface area (Å²) in [7, 11) is 0. The summed E-state index contributed by atoms with van der Waals surface area (Å²) < 4.78 is 4.87. The zero-order valence-electron chi connectivity index (χ0n) is 11.8. The van der Waals surface area contributed by atoms with E-state index in [-0.39, 0.29) is 16.6 Å². The summed E-state index contributed by atoms with van der Waals surface area (Å²) in [5.74, 6) is -1.40. The van der Waals surface area contributed by atoms with Crippen molar-refractivity contribution in [3.8, 4) is 0 Å². The van der Waals surface area contributed by atoms with Crippen LogP contribution >= 0.6 is 23.4 Å². The van der Waals surface area contributed by atoms with E-state index in [0.717, 1.165) is 17.7 Å². The number of hydrogen-bond acceptors (Lipinski definition) is 5. The lowest BCUT2D eigenvalue weighted by molar-refractivity contribution is -0.123. The zero-order valence-corrected chi connectivity index (χ0v) is 13.4. The van der Waals surface area contributed by atoms with Gasteiger partial charge in [0.1, 0.15) is 0 Å². The van der Waals surface area contributed by atoms with E-state index in [0.29, 0.717) is 0 Å². The number of carbonyl (C=O) groups is 3. The first-order chi connectivity index (χ1) is 10.5. The van der Waals surface area contributed by atoms with E-state index < -0.39 is 24.5 Å². The molecule has 0 heterocycles. The van der Waals surface area contributed by atoms with Gasteiger partial charge in [0.15, 0.2) is 6.61 Å². The van der Waals surface area contributed by atoms with Crippen molar-refractivity contribution in [2.75, 3.05) is 12.9 Å². The molecular weight excluding hydrogens is 328 g/mol. The molecule has 1 aromatic carbocycles. The van der Waals surface area contributed by atoms with Crippen LogP contribution in [0.1, 0.15) is 23.2 Å². The summed E-state index contributed by atoms with van der Waals surface area (Å²) in [5.41, 5.74) is 0.184. The Morgan fingerprint density at radius 3 is 2.73 bits per heavy atom. The average molecular weight is 343 g/mol. The topological polar surface area (TPSA) is 84.5 Å². The Hall–Kier alpha value is -1.73. The van der Waals surface area contributed by atoms with Crippen LogP contribution in [0.15, 0.2) is 23.1 Å². The third kappa shape index (κ3) is 4.92. The Balaban J connectivity index is 1.83. The number of benzene rings is 1. The second kappa shape index (κ2) is 7.51. The van der Waals surface area contributed by atoms with Crippen LogP contribution in [-0.2, 0) is 9.53 Å². The molecule has 3 amide bonds. The maximum Gasteiger partial charge on any atom is 0.340 e. The molecule has 1 aromatic rings. The summed E-state index contributed by atoms with van der Waals surface area (Å²) in [6, 6.07) is 4.52. The monoisotopic (exact) mass is 342 g/mol. The Morgan fingerprint density at radius 1 is 1.36 bits per heavy atom.